The Morgan fingerprint density at radius 1 is 0.467 bits per heavy atom. The van der Waals surface area contributed by atoms with Crippen LogP contribution >= 0.6 is 0 Å². The Morgan fingerprint density at radius 3 is 1.24 bits per heavy atom. The molecule has 0 radical (unpaired) electrons. The first kappa shape index (κ1) is 50.7. The fourth-order valence-corrected chi connectivity index (χ4v) is 6.30. The predicted molar refractivity (Wildman–Crippen MR) is 206 cm³/mol. The SMILES string of the molecule is C=C(CCCCCCCNCCCC[CH2-])CC(CCCCCCCC)CCCCCCCC.[CH2-]CCCCCCCCCC.[K+]. The maximum absolute atomic E-state index is 4.50. The van der Waals surface area contributed by atoms with Crippen molar-refractivity contribution in [2.24, 2.45) is 5.92 Å². The van der Waals surface area contributed by atoms with Gasteiger partial charge >= 0.3 is 51.4 Å². The van der Waals surface area contributed by atoms with Crippen LogP contribution in [0.1, 0.15) is 233 Å². The Morgan fingerprint density at radius 2 is 0.800 bits per heavy atom. The summed E-state index contributed by atoms with van der Waals surface area (Å²) in [6, 6.07) is 0. The Kier molecular flexibility index (Phi) is 53.5. The van der Waals surface area contributed by atoms with Crippen LogP contribution < -0.4 is 56.7 Å². The number of rotatable bonds is 36. The average Bonchev–Trinajstić information content (AvgIpc) is 3.03. The van der Waals surface area contributed by atoms with Gasteiger partial charge in [-0.05, 0) is 51.1 Å². The minimum absolute atomic E-state index is 0. The summed E-state index contributed by atoms with van der Waals surface area (Å²) in [6.45, 7) is 21.5. The molecule has 0 fully saturated rings. The molecule has 2 heteroatoms. The zero-order valence-corrected chi connectivity index (χ0v) is 35.6. The number of unbranched alkanes of at least 4 members (excludes halogenated alkanes) is 24. The van der Waals surface area contributed by atoms with Gasteiger partial charge < -0.3 is 19.2 Å². The summed E-state index contributed by atoms with van der Waals surface area (Å²) < 4.78 is 0. The summed E-state index contributed by atoms with van der Waals surface area (Å²) in [5.74, 6) is 0.907. The first-order valence-corrected chi connectivity index (χ1v) is 20.6. The molecular formula is C43H87KN-. The van der Waals surface area contributed by atoms with E-state index in [4.69, 9.17) is 0 Å². The van der Waals surface area contributed by atoms with Crippen molar-refractivity contribution >= 4 is 0 Å². The molecule has 0 amide bonds. The Labute approximate surface area is 331 Å². The van der Waals surface area contributed by atoms with E-state index < -0.39 is 0 Å². The van der Waals surface area contributed by atoms with Gasteiger partial charge in [0.05, 0.1) is 0 Å². The topological polar surface area (TPSA) is 12.0 Å². The third-order valence-corrected chi connectivity index (χ3v) is 9.35. The third-order valence-electron chi connectivity index (χ3n) is 9.35. The van der Waals surface area contributed by atoms with E-state index in [0.29, 0.717) is 0 Å². The van der Waals surface area contributed by atoms with Gasteiger partial charge in [0.15, 0.2) is 0 Å². The van der Waals surface area contributed by atoms with E-state index in [-0.39, 0.29) is 51.4 Å². The number of allylic oxidation sites excluding steroid dienone is 1. The van der Waals surface area contributed by atoms with Crippen LogP contribution in [0, 0.1) is 19.8 Å². The average molecular weight is 657 g/mol. The second-order valence-corrected chi connectivity index (χ2v) is 14.1. The van der Waals surface area contributed by atoms with Crippen molar-refractivity contribution in [3.05, 3.63) is 26.0 Å². The van der Waals surface area contributed by atoms with E-state index in [1.54, 1.807) is 5.57 Å². The van der Waals surface area contributed by atoms with Gasteiger partial charge in [-0.15, -0.1) is 0 Å². The van der Waals surface area contributed by atoms with Crippen LogP contribution in [-0.4, -0.2) is 13.1 Å². The molecule has 0 bridgehead atoms. The Hall–Kier alpha value is 1.34. The first-order valence-electron chi connectivity index (χ1n) is 20.6. The molecule has 0 heterocycles. The molecule has 0 spiro atoms. The molecule has 0 rings (SSSR count). The molecule has 0 aromatic heterocycles. The van der Waals surface area contributed by atoms with Crippen molar-refractivity contribution in [1.29, 1.82) is 0 Å². The van der Waals surface area contributed by atoms with Crippen molar-refractivity contribution < 1.29 is 51.4 Å². The van der Waals surface area contributed by atoms with Crippen molar-refractivity contribution in [2.75, 3.05) is 13.1 Å². The molecule has 0 aliphatic heterocycles. The summed E-state index contributed by atoms with van der Waals surface area (Å²) in [5, 5.41) is 3.57. The van der Waals surface area contributed by atoms with Crippen LogP contribution in [0.2, 0.25) is 0 Å². The Balaban J connectivity index is -0.00000124. The number of nitrogens with one attached hydrogen (secondary N) is 1. The van der Waals surface area contributed by atoms with Gasteiger partial charge in [-0.1, -0.05) is 200 Å². The third kappa shape index (κ3) is 47.5. The summed E-state index contributed by atoms with van der Waals surface area (Å²) in [4.78, 5) is 0. The standard InChI is InChI=1S/C32H64N.C11H23.K/c1-5-8-11-13-17-21-26-32(27-22-18-14-12-9-6-2)30-31(4)25-20-16-15-19-24-29-33-28-23-10-7-3;1-3-5-7-9-11-10-8-6-4-2;/h32-33H,3-30H2,1-2H3;1,3-11H2,2H3;/q2*-1;+1. The van der Waals surface area contributed by atoms with Gasteiger partial charge in [-0.2, -0.15) is 12.8 Å². The van der Waals surface area contributed by atoms with Gasteiger partial charge in [0.25, 0.3) is 0 Å². The summed E-state index contributed by atoms with van der Waals surface area (Å²) in [5.41, 5.74) is 1.55. The summed E-state index contributed by atoms with van der Waals surface area (Å²) in [6.07, 6.45) is 45.5. The molecule has 0 aliphatic carbocycles. The van der Waals surface area contributed by atoms with Crippen molar-refractivity contribution in [2.45, 2.75) is 233 Å². The molecule has 266 valence electrons. The van der Waals surface area contributed by atoms with Crippen LogP contribution in [0.5, 0.6) is 0 Å². The van der Waals surface area contributed by atoms with E-state index in [0.717, 1.165) is 18.8 Å². The maximum atomic E-state index is 4.50. The molecule has 0 saturated heterocycles. The second kappa shape index (κ2) is 47.5. The fraction of sp³-hybridized carbons (Fsp3) is 0.907. The fourth-order valence-electron chi connectivity index (χ4n) is 6.30. The summed E-state index contributed by atoms with van der Waals surface area (Å²) in [7, 11) is 0. The van der Waals surface area contributed by atoms with Gasteiger partial charge in [0, 0.05) is 0 Å². The van der Waals surface area contributed by atoms with E-state index in [1.165, 1.54) is 212 Å². The molecule has 0 aromatic rings. The smallest absolute Gasteiger partial charge is 0.343 e. The molecule has 0 unspecified atom stereocenters. The van der Waals surface area contributed by atoms with E-state index in [1.807, 2.05) is 0 Å². The number of hydrogen-bond acceptors (Lipinski definition) is 1. The molecular weight excluding hydrogens is 570 g/mol. The van der Waals surface area contributed by atoms with Crippen molar-refractivity contribution in [3.63, 3.8) is 0 Å². The van der Waals surface area contributed by atoms with Gasteiger partial charge in [0.1, 0.15) is 0 Å². The quantitative estimate of drug-likeness (QED) is 0.0306. The zero-order chi connectivity index (χ0) is 32.6. The van der Waals surface area contributed by atoms with E-state index >= 15 is 0 Å². The zero-order valence-electron chi connectivity index (χ0n) is 32.4. The minimum atomic E-state index is 0. The van der Waals surface area contributed by atoms with Gasteiger partial charge in [-0.25, -0.2) is 0 Å². The Bertz CT molecular complexity index is 480. The molecule has 45 heavy (non-hydrogen) atoms. The molecule has 0 saturated carbocycles. The van der Waals surface area contributed by atoms with Crippen LogP contribution in [0.4, 0.5) is 0 Å². The maximum Gasteiger partial charge on any atom is 1.00 e. The second-order valence-electron chi connectivity index (χ2n) is 14.1. The molecule has 0 atom stereocenters. The molecule has 1 N–H and O–H groups in total. The van der Waals surface area contributed by atoms with Crippen LogP contribution in [-0.2, 0) is 0 Å². The first-order chi connectivity index (χ1) is 21.7. The number of hydrogen-bond donors (Lipinski definition) is 1. The van der Waals surface area contributed by atoms with Crippen LogP contribution in [0.25, 0.3) is 0 Å². The minimum Gasteiger partial charge on any atom is -0.343 e. The van der Waals surface area contributed by atoms with Gasteiger partial charge in [0.2, 0.25) is 0 Å². The largest absolute Gasteiger partial charge is 1.00 e. The summed E-state index contributed by atoms with van der Waals surface area (Å²) >= 11 is 0. The monoisotopic (exact) mass is 657 g/mol. The molecule has 0 aliphatic rings. The van der Waals surface area contributed by atoms with Gasteiger partial charge in [-0.3, -0.25) is 0 Å². The predicted octanol–water partition coefficient (Wildman–Crippen LogP) is 12.3. The van der Waals surface area contributed by atoms with Crippen molar-refractivity contribution in [1.82, 2.24) is 5.32 Å². The van der Waals surface area contributed by atoms with E-state index in [2.05, 4.69) is 46.5 Å². The van der Waals surface area contributed by atoms with E-state index in [9.17, 15) is 0 Å². The normalized spacial score (nSPS) is 11.0. The van der Waals surface area contributed by atoms with Crippen LogP contribution in [0.3, 0.4) is 0 Å². The molecule has 1 nitrogen and oxygen atoms in total. The molecule has 0 aromatic carbocycles. The van der Waals surface area contributed by atoms with Crippen LogP contribution in [0.15, 0.2) is 12.2 Å². The van der Waals surface area contributed by atoms with Crippen molar-refractivity contribution in [3.8, 4) is 0 Å².